The highest BCUT2D eigenvalue weighted by Crippen LogP contribution is 2.28. The number of hydrogen-bond donors (Lipinski definition) is 3. The summed E-state index contributed by atoms with van der Waals surface area (Å²) < 4.78 is 10.8. The molecule has 2 amide bonds. The van der Waals surface area contributed by atoms with Crippen molar-refractivity contribution in [2.75, 3.05) is 27.4 Å². The SMILES string of the molecule is CCCCC[C@H](CN(C)OCc1ccccc1)C(=O)NCNC(=O)c1ccc(-c2cc(OC)cc(C(=O)O)c2)o1. The maximum Gasteiger partial charge on any atom is 0.335 e. The lowest BCUT2D eigenvalue weighted by molar-refractivity contribution is -0.163. The summed E-state index contributed by atoms with van der Waals surface area (Å²) in [6, 6.07) is 17.3. The van der Waals surface area contributed by atoms with Gasteiger partial charge in [-0.2, -0.15) is 5.06 Å². The third-order valence-electron chi connectivity index (χ3n) is 6.31. The molecule has 3 rings (SSSR count). The van der Waals surface area contributed by atoms with Crippen LogP contribution in [0.2, 0.25) is 0 Å². The number of furan rings is 1. The summed E-state index contributed by atoms with van der Waals surface area (Å²) in [5.74, 6) is -1.42. The largest absolute Gasteiger partial charge is 0.497 e. The monoisotopic (exact) mass is 551 g/mol. The number of amides is 2. The van der Waals surface area contributed by atoms with Gasteiger partial charge >= 0.3 is 5.97 Å². The maximum atomic E-state index is 13.0. The van der Waals surface area contributed by atoms with Crippen LogP contribution in [0, 0.1) is 5.92 Å². The van der Waals surface area contributed by atoms with Crippen LogP contribution in [0.3, 0.4) is 0 Å². The van der Waals surface area contributed by atoms with E-state index in [1.165, 1.54) is 25.3 Å². The zero-order valence-corrected chi connectivity index (χ0v) is 23.1. The van der Waals surface area contributed by atoms with Gasteiger partial charge in [0.1, 0.15) is 11.5 Å². The Labute approximate surface area is 234 Å². The number of ether oxygens (including phenoxy) is 1. The number of nitrogens with zero attached hydrogens (tertiary/aromatic N) is 1. The van der Waals surface area contributed by atoms with Gasteiger partial charge in [-0.15, -0.1) is 0 Å². The zero-order chi connectivity index (χ0) is 28.9. The lowest BCUT2D eigenvalue weighted by Crippen LogP contribution is -2.43. The van der Waals surface area contributed by atoms with E-state index in [0.717, 1.165) is 24.8 Å². The Morgan fingerprint density at radius 1 is 1.02 bits per heavy atom. The molecular weight excluding hydrogens is 514 g/mol. The van der Waals surface area contributed by atoms with Crippen LogP contribution in [-0.4, -0.2) is 55.3 Å². The average Bonchev–Trinajstić information content (AvgIpc) is 3.46. The van der Waals surface area contributed by atoms with Crippen molar-refractivity contribution in [3.05, 3.63) is 77.6 Å². The number of methoxy groups -OCH3 is 1. The minimum Gasteiger partial charge on any atom is -0.497 e. The van der Waals surface area contributed by atoms with Crippen molar-refractivity contribution >= 4 is 17.8 Å². The number of nitrogens with one attached hydrogen (secondary N) is 2. The van der Waals surface area contributed by atoms with Gasteiger partial charge in [0.2, 0.25) is 5.91 Å². The van der Waals surface area contributed by atoms with Gasteiger partial charge in [-0.25, -0.2) is 4.79 Å². The summed E-state index contributed by atoms with van der Waals surface area (Å²) in [5.41, 5.74) is 1.53. The Kier molecular flexibility index (Phi) is 11.7. The van der Waals surface area contributed by atoms with Gasteiger partial charge in [0, 0.05) is 19.2 Å². The van der Waals surface area contributed by atoms with E-state index in [-0.39, 0.29) is 29.8 Å². The number of aromatic carboxylic acids is 1. The summed E-state index contributed by atoms with van der Waals surface area (Å²) in [6.07, 6.45) is 3.68. The molecule has 0 aliphatic carbocycles. The van der Waals surface area contributed by atoms with E-state index >= 15 is 0 Å². The second-order valence-corrected chi connectivity index (χ2v) is 9.41. The van der Waals surface area contributed by atoms with Gasteiger partial charge < -0.3 is 24.9 Å². The van der Waals surface area contributed by atoms with Gasteiger partial charge in [0.15, 0.2) is 5.76 Å². The van der Waals surface area contributed by atoms with Gasteiger partial charge in [-0.1, -0.05) is 56.5 Å². The molecule has 0 fully saturated rings. The third kappa shape index (κ3) is 9.25. The summed E-state index contributed by atoms with van der Waals surface area (Å²) in [6.45, 7) is 2.86. The Morgan fingerprint density at radius 2 is 1.80 bits per heavy atom. The van der Waals surface area contributed by atoms with Gasteiger partial charge in [-0.3, -0.25) is 14.4 Å². The number of carboxylic acid groups (broad SMARTS) is 1. The van der Waals surface area contributed by atoms with Crippen molar-refractivity contribution in [2.45, 2.75) is 39.2 Å². The number of unbranched alkanes of at least 4 members (excludes halogenated alkanes) is 2. The molecule has 0 radical (unpaired) electrons. The van der Waals surface area contributed by atoms with Crippen LogP contribution in [0.1, 0.15) is 59.1 Å². The predicted molar refractivity (Wildman–Crippen MR) is 150 cm³/mol. The van der Waals surface area contributed by atoms with E-state index < -0.39 is 11.9 Å². The summed E-state index contributed by atoms with van der Waals surface area (Å²) in [5, 5.41) is 16.4. The van der Waals surface area contributed by atoms with Crippen molar-refractivity contribution in [2.24, 2.45) is 5.92 Å². The molecule has 0 aliphatic rings. The molecule has 0 saturated heterocycles. The standard InChI is InChI=1S/C30H37N3O7/c1-4-5-7-12-22(18-33(2)39-19-21-10-8-6-9-11-21)28(34)31-20-32-29(35)27-14-13-26(40-27)23-15-24(30(36)37)17-25(16-23)38-3/h6,8-11,13-17,22H,4-5,7,12,18-20H2,1-3H3,(H,31,34)(H,32,35)(H,36,37)/t22-/m1/s1. The Balaban J connectivity index is 1.54. The number of hydroxylamine groups is 2. The molecule has 1 aromatic heterocycles. The molecule has 10 nitrogen and oxygen atoms in total. The molecule has 0 bridgehead atoms. The summed E-state index contributed by atoms with van der Waals surface area (Å²) >= 11 is 0. The summed E-state index contributed by atoms with van der Waals surface area (Å²) in [7, 11) is 3.24. The van der Waals surface area contributed by atoms with Crippen molar-refractivity contribution < 1.29 is 33.5 Å². The fraction of sp³-hybridized carbons (Fsp3) is 0.367. The smallest absolute Gasteiger partial charge is 0.335 e. The quantitative estimate of drug-likeness (QED) is 0.133. The van der Waals surface area contributed by atoms with Crippen LogP contribution < -0.4 is 15.4 Å². The Hall–Kier alpha value is -4.15. The molecule has 0 spiro atoms. The first-order chi connectivity index (χ1) is 19.3. The van der Waals surface area contributed by atoms with Crippen LogP contribution in [0.4, 0.5) is 0 Å². The molecule has 40 heavy (non-hydrogen) atoms. The van der Waals surface area contributed by atoms with E-state index in [4.69, 9.17) is 14.0 Å². The fourth-order valence-corrected chi connectivity index (χ4v) is 4.11. The average molecular weight is 552 g/mol. The molecule has 3 aromatic rings. The summed E-state index contributed by atoms with van der Waals surface area (Å²) in [4.78, 5) is 42.9. The zero-order valence-electron chi connectivity index (χ0n) is 23.1. The number of rotatable bonds is 16. The van der Waals surface area contributed by atoms with Gasteiger partial charge in [0.25, 0.3) is 5.91 Å². The molecule has 0 saturated carbocycles. The fourth-order valence-electron chi connectivity index (χ4n) is 4.11. The van der Waals surface area contributed by atoms with Crippen LogP contribution >= 0.6 is 0 Å². The highest BCUT2D eigenvalue weighted by atomic mass is 16.7. The van der Waals surface area contributed by atoms with Crippen LogP contribution in [-0.2, 0) is 16.2 Å². The second-order valence-electron chi connectivity index (χ2n) is 9.41. The molecule has 1 atom stereocenters. The Bertz CT molecular complexity index is 1260. The van der Waals surface area contributed by atoms with Crippen LogP contribution in [0.5, 0.6) is 5.75 Å². The molecule has 214 valence electrons. The van der Waals surface area contributed by atoms with E-state index in [0.29, 0.717) is 36.6 Å². The first kappa shape index (κ1) is 30.4. The minimum absolute atomic E-state index is 0.0254. The van der Waals surface area contributed by atoms with Gasteiger partial charge in [-0.05, 0) is 42.3 Å². The number of benzene rings is 2. The van der Waals surface area contributed by atoms with Gasteiger partial charge in [0.05, 0.1) is 31.9 Å². The maximum absolute atomic E-state index is 13.0. The minimum atomic E-state index is -1.11. The number of carbonyl (C=O) groups is 3. The van der Waals surface area contributed by atoms with E-state index in [9.17, 15) is 19.5 Å². The van der Waals surface area contributed by atoms with Crippen molar-refractivity contribution in [1.82, 2.24) is 15.7 Å². The van der Waals surface area contributed by atoms with Crippen LogP contribution in [0.25, 0.3) is 11.3 Å². The molecule has 10 heteroatoms. The molecule has 2 aromatic carbocycles. The lowest BCUT2D eigenvalue weighted by Gasteiger charge is -2.23. The number of carbonyl (C=O) groups excluding carboxylic acids is 2. The molecule has 1 heterocycles. The first-order valence-corrected chi connectivity index (χ1v) is 13.3. The lowest BCUT2D eigenvalue weighted by atomic mass is 10.0. The van der Waals surface area contributed by atoms with Crippen LogP contribution in [0.15, 0.2) is 65.1 Å². The van der Waals surface area contributed by atoms with E-state index in [1.54, 1.807) is 24.2 Å². The third-order valence-corrected chi connectivity index (χ3v) is 6.31. The first-order valence-electron chi connectivity index (χ1n) is 13.3. The second kappa shape index (κ2) is 15.4. The van der Waals surface area contributed by atoms with Crippen molar-refractivity contribution in [3.63, 3.8) is 0 Å². The molecule has 0 unspecified atom stereocenters. The topological polar surface area (TPSA) is 130 Å². The van der Waals surface area contributed by atoms with Crippen molar-refractivity contribution in [3.8, 4) is 17.1 Å². The number of hydrogen-bond acceptors (Lipinski definition) is 7. The molecule has 3 N–H and O–H groups in total. The highest BCUT2D eigenvalue weighted by molar-refractivity contribution is 5.93. The normalized spacial score (nSPS) is 11.7. The molecular formula is C30H37N3O7. The van der Waals surface area contributed by atoms with Crippen molar-refractivity contribution in [1.29, 1.82) is 0 Å². The highest BCUT2D eigenvalue weighted by Gasteiger charge is 2.21. The Morgan fingerprint density at radius 3 is 2.50 bits per heavy atom. The predicted octanol–water partition coefficient (Wildman–Crippen LogP) is 4.72. The molecule has 0 aliphatic heterocycles. The van der Waals surface area contributed by atoms with E-state index in [2.05, 4.69) is 17.6 Å². The van der Waals surface area contributed by atoms with E-state index in [1.807, 2.05) is 30.3 Å². The number of carboxylic acids is 1.